The molecule has 2 aromatic heterocycles. The lowest BCUT2D eigenvalue weighted by molar-refractivity contribution is 0.997. The summed E-state index contributed by atoms with van der Waals surface area (Å²) in [5.41, 5.74) is 6.36. The van der Waals surface area contributed by atoms with Crippen LogP contribution in [0.1, 0.15) is 5.69 Å². The molecule has 0 unspecified atom stereocenters. The average molecular weight is 159 g/mol. The Bertz CT molecular complexity index is 398. The number of hydrogen-bond donors (Lipinski definition) is 1. The van der Waals surface area contributed by atoms with E-state index < -0.39 is 0 Å². The molecule has 0 amide bonds. The standard InChI is InChI=1S/C9H9N3/c10-4-9-3-8-5-11-2-1-7(8)6-12-9/h1-3,5-6H,4,10H2. The lowest BCUT2D eigenvalue weighted by Gasteiger charge is -1.98. The molecule has 0 aliphatic rings. The molecule has 3 heteroatoms. The average Bonchev–Trinajstić information content (AvgIpc) is 2.17. The highest BCUT2D eigenvalue weighted by molar-refractivity contribution is 5.80. The fourth-order valence-corrected chi connectivity index (χ4v) is 1.14. The predicted octanol–water partition coefficient (Wildman–Crippen LogP) is 1.09. The lowest BCUT2D eigenvalue weighted by Crippen LogP contribution is -1.98. The van der Waals surface area contributed by atoms with E-state index in [1.807, 2.05) is 24.5 Å². The third-order valence-electron chi connectivity index (χ3n) is 1.79. The van der Waals surface area contributed by atoms with Gasteiger partial charge in [0.2, 0.25) is 0 Å². The summed E-state index contributed by atoms with van der Waals surface area (Å²) in [7, 11) is 0. The van der Waals surface area contributed by atoms with Gasteiger partial charge in [-0.3, -0.25) is 9.97 Å². The summed E-state index contributed by atoms with van der Waals surface area (Å²) < 4.78 is 0. The van der Waals surface area contributed by atoms with Crippen molar-refractivity contribution in [3.05, 3.63) is 36.4 Å². The van der Waals surface area contributed by atoms with Crippen LogP contribution >= 0.6 is 0 Å². The Balaban J connectivity index is 2.67. The van der Waals surface area contributed by atoms with Gasteiger partial charge < -0.3 is 5.73 Å². The maximum Gasteiger partial charge on any atom is 0.0546 e. The molecule has 2 aromatic rings. The Hall–Kier alpha value is -1.48. The second-order valence-corrected chi connectivity index (χ2v) is 2.60. The first-order valence-corrected chi connectivity index (χ1v) is 3.79. The van der Waals surface area contributed by atoms with Crippen LogP contribution in [0.5, 0.6) is 0 Å². The van der Waals surface area contributed by atoms with Gasteiger partial charge in [0.25, 0.3) is 0 Å². The van der Waals surface area contributed by atoms with Crippen molar-refractivity contribution in [1.82, 2.24) is 9.97 Å². The third kappa shape index (κ3) is 1.14. The molecule has 60 valence electrons. The number of nitrogens with zero attached hydrogens (tertiary/aromatic N) is 2. The largest absolute Gasteiger partial charge is 0.325 e. The van der Waals surface area contributed by atoms with E-state index in [0.717, 1.165) is 16.5 Å². The number of fused-ring (bicyclic) bond motifs is 1. The third-order valence-corrected chi connectivity index (χ3v) is 1.79. The van der Waals surface area contributed by atoms with Crippen molar-refractivity contribution in [2.75, 3.05) is 0 Å². The van der Waals surface area contributed by atoms with Crippen LogP contribution in [0.25, 0.3) is 10.8 Å². The highest BCUT2D eigenvalue weighted by Gasteiger charge is 1.94. The van der Waals surface area contributed by atoms with Crippen molar-refractivity contribution in [2.24, 2.45) is 5.73 Å². The Kier molecular flexibility index (Phi) is 1.72. The molecular formula is C9H9N3. The van der Waals surface area contributed by atoms with Crippen molar-refractivity contribution in [1.29, 1.82) is 0 Å². The van der Waals surface area contributed by atoms with Crippen molar-refractivity contribution in [3.8, 4) is 0 Å². The second kappa shape index (κ2) is 2.87. The van der Waals surface area contributed by atoms with Crippen LogP contribution in [0.15, 0.2) is 30.7 Å². The van der Waals surface area contributed by atoms with E-state index in [2.05, 4.69) is 9.97 Å². The van der Waals surface area contributed by atoms with Gasteiger partial charge in [0, 0.05) is 35.9 Å². The molecule has 0 aromatic carbocycles. The van der Waals surface area contributed by atoms with Crippen LogP contribution in [0.4, 0.5) is 0 Å². The highest BCUT2D eigenvalue weighted by atomic mass is 14.7. The first-order valence-electron chi connectivity index (χ1n) is 3.79. The number of rotatable bonds is 1. The molecule has 0 radical (unpaired) electrons. The number of hydrogen-bond acceptors (Lipinski definition) is 3. The Labute approximate surface area is 70.3 Å². The zero-order chi connectivity index (χ0) is 8.39. The molecule has 0 spiro atoms. The molecule has 2 rings (SSSR count). The molecular weight excluding hydrogens is 150 g/mol. The summed E-state index contributed by atoms with van der Waals surface area (Å²) in [5, 5.41) is 2.19. The summed E-state index contributed by atoms with van der Waals surface area (Å²) in [6.45, 7) is 0.477. The molecule has 0 fully saturated rings. The summed E-state index contributed by atoms with van der Waals surface area (Å²) in [6, 6.07) is 3.89. The molecule has 0 bridgehead atoms. The zero-order valence-corrected chi connectivity index (χ0v) is 6.57. The van der Waals surface area contributed by atoms with Crippen LogP contribution < -0.4 is 5.73 Å². The molecule has 0 aliphatic carbocycles. The second-order valence-electron chi connectivity index (χ2n) is 2.60. The Morgan fingerprint density at radius 1 is 1.25 bits per heavy atom. The zero-order valence-electron chi connectivity index (χ0n) is 6.57. The van der Waals surface area contributed by atoms with E-state index in [1.165, 1.54) is 0 Å². The minimum absolute atomic E-state index is 0.477. The van der Waals surface area contributed by atoms with Gasteiger partial charge in [0.05, 0.1) is 5.69 Å². The molecule has 12 heavy (non-hydrogen) atoms. The van der Waals surface area contributed by atoms with E-state index >= 15 is 0 Å². The molecule has 0 saturated heterocycles. The molecule has 0 saturated carbocycles. The Morgan fingerprint density at radius 2 is 2.17 bits per heavy atom. The minimum Gasteiger partial charge on any atom is -0.325 e. The topological polar surface area (TPSA) is 51.8 Å². The summed E-state index contributed by atoms with van der Waals surface area (Å²) in [4.78, 5) is 8.19. The van der Waals surface area contributed by atoms with Gasteiger partial charge in [-0.2, -0.15) is 0 Å². The van der Waals surface area contributed by atoms with E-state index in [1.54, 1.807) is 6.20 Å². The Morgan fingerprint density at radius 3 is 3.00 bits per heavy atom. The van der Waals surface area contributed by atoms with E-state index in [-0.39, 0.29) is 0 Å². The first kappa shape index (κ1) is 7.18. The van der Waals surface area contributed by atoms with E-state index in [4.69, 9.17) is 5.73 Å². The summed E-state index contributed by atoms with van der Waals surface area (Å²) in [5.74, 6) is 0. The van der Waals surface area contributed by atoms with Gasteiger partial charge in [-0.25, -0.2) is 0 Å². The van der Waals surface area contributed by atoms with Crippen molar-refractivity contribution < 1.29 is 0 Å². The molecule has 3 nitrogen and oxygen atoms in total. The maximum atomic E-state index is 5.46. The predicted molar refractivity (Wildman–Crippen MR) is 47.4 cm³/mol. The van der Waals surface area contributed by atoms with E-state index in [0.29, 0.717) is 6.54 Å². The van der Waals surface area contributed by atoms with Gasteiger partial charge in [-0.05, 0) is 12.1 Å². The van der Waals surface area contributed by atoms with Crippen LogP contribution in [-0.2, 0) is 6.54 Å². The number of aromatic nitrogens is 2. The van der Waals surface area contributed by atoms with E-state index in [9.17, 15) is 0 Å². The van der Waals surface area contributed by atoms with Crippen LogP contribution in [0.3, 0.4) is 0 Å². The summed E-state index contributed by atoms with van der Waals surface area (Å²) >= 11 is 0. The lowest BCUT2D eigenvalue weighted by atomic mass is 10.2. The maximum absolute atomic E-state index is 5.46. The van der Waals surface area contributed by atoms with Gasteiger partial charge >= 0.3 is 0 Å². The van der Waals surface area contributed by atoms with Gasteiger partial charge in [0.1, 0.15) is 0 Å². The van der Waals surface area contributed by atoms with Crippen LogP contribution in [0.2, 0.25) is 0 Å². The van der Waals surface area contributed by atoms with Crippen molar-refractivity contribution in [2.45, 2.75) is 6.54 Å². The quantitative estimate of drug-likeness (QED) is 0.677. The van der Waals surface area contributed by atoms with Crippen LogP contribution in [-0.4, -0.2) is 9.97 Å². The first-order chi connectivity index (χ1) is 5.90. The molecule has 2 heterocycles. The van der Waals surface area contributed by atoms with Crippen molar-refractivity contribution >= 4 is 10.8 Å². The molecule has 2 N–H and O–H groups in total. The number of nitrogens with two attached hydrogens (primary N) is 1. The molecule has 0 aliphatic heterocycles. The monoisotopic (exact) mass is 159 g/mol. The fraction of sp³-hybridized carbons (Fsp3) is 0.111. The van der Waals surface area contributed by atoms with Gasteiger partial charge in [-0.15, -0.1) is 0 Å². The van der Waals surface area contributed by atoms with Gasteiger partial charge in [0.15, 0.2) is 0 Å². The molecule has 0 atom stereocenters. The van der Waals surface area contributed by atoms with Crippen LogP contribution in [0, 0.1) is 0 Å². The minimum atomic E-state index is 0.477. The normalized spacial score (nSPS) is 10.4. The summed E-state index contributed by atoms with van der Waals surface area (Å²) in [6.07, 6.45) is 5.39. The number of pyridine rings is 2. The van der Waals surface area contributed by atoms with Crippen molar-refractivity contribution in [3.63, 3.8) is 0 Å². The SMILES string of the molecule is NCc1cc2cnccc2cn1. The highest BCUT2D eigenvalue weighted by Crippen LogP contribution is 2.11. The van der Waals surface area contributed by atoms with Gasteiger partial charge in [-0.1, -0.05) is 0 Å². The smallest absolute Gasteiger partial charge is 0.0546 e. The fourth-order valence-electron chi connectivity index (χ4n) is 1.14.